The Morgan fingerprint density at radius 1 is 1.27 bits per heavy atom. The largest absolute Gasteiger partial charge is 0.497 e. The van der Waals surface area contributed by atoms with Gasteiger partial charge in [0.15, 0.2) is 0 Å². The summed E-state index contributed by atoms with van der Waals surface area (Å²) < 4.78 is 10.1. The summed E-state index contributed by atoms with van der Waals surface area (Å²) in [5.74, 6) is 0.696. The fraction of sp³-hybridized carbons (Fsp3) is 0.500. The zero-order chi connectivity index (χ0) is 15.5. The second kappa shape index (κ2) is 6.25. The summed E-state index contributed by atoms with van der Waals surface area (Å²) in [6.45, 7) is 2.45. The molecule has 0 aromatic heterocycles. The number of rotatable bonds is 3. The normalized spacial score (nSPS) is 19.2. The molecule has 0 bridgehead atoms. The molecule has 1 aromatic rings. The van der Waals surface area contributed by atoms with Crippen molar-refractivity contribution in [2.24, 2.45) is 0 Å². The van der Waals surface area contributed by atoms with Crippen LogP contribution in [0.4, 0.5) is 4.79 Å². The van der Waals surface area contributed by atoms with Gasteiger partial charge in [-0.25, -0.2) is 4.79 Å². The predicted octanol–water partition coefficient (Wildman–Crippen LogP) is 1.75. The van der Waals surface area contributed by atoms with Crippen LogP contribution in [0.3, 0.4) is 0 Å². The fourth-order valence-electron chi connectivity index (χ4n) is 3.06. The summed E-state index contributed by atoms with van der Waals surface area (Å²) in [6, 6.07) is 7.38. The molecule has 1 aromatic carbocycles. The zero-order valence-electron chi connectivity index (χ0n) is 12.7. The molecule has 118 valence electrons. The van der Waals surface area contributed by atoms with Gasteiger partial charge in [-0.05, 0) is 31.0 Å². The summed E-state index contributed by atoms with van der Waals surface area (Å²) >= 11 is 0. The number of hydrogen-bond acceptors (Lipinski definition) is 4. The van der Waals surface area contributed by atoms with Crippen LogP contribution in [0.1, 0.15) is 23.2 Å². The number of benzene rings is 1. The van der Waals surface area contributed by atoms with Crippen molar-refractivity contribution in [3.05, 3.63) is 29.8 Å². The third kappa shape index (κ3) is 2.86. The lowest BCUT2D eigenvalue weighted by Crippen LogP contribution is -2.47. The molecular weight excluding hydrogens is 284 g/mol. The van der Waals surface area contributed by atoms with E-state index in [0.29, 0.717) is 37.6 Å². The molecule has 2 amide bonds. The Hall–Kier alpha value is -2.24. The predicted molar refractivity (Wildman–Crippen MR) is 80.0 cm³/mol. The second-order valence-corrected chi connectivity index (χ2v) is 5.56. The van der Waals surface area contributed by atoms with Crippen LogP contribution < -0.4 is 4.74 Å². The van der Waals surface area contributed by atoms with Crippen LogP contribution in [0.5, 0.6) is 5.75 Å². The number of methoxy groups -OCH3 is 1. The molecule has 0 N–H and O–H groups in total. The highest BCUT2D eigenvalue weighted by Crippen LogP contribution is 2.22. The minimum absolute atomic E-state index is 0.0151. The van der Waals surface area contributed by atoms with E-state index in [1.54, 1.807) is 24.1 Å². The first kappa shape index (κ1) is 14.7. The SMILES string of the molecule is COc1cccc(C(=O)N2CCC(N3CCOC3=O)CC2)c1. The number of carbonyl (C=O) groups is 2. The molecule has 2 heterocycles. The van der Waals surface area contributed by atoms with E-state index in [-0.39, 0.29) is 18.0 Å². The minimum atomic E-state index is -0.224. The molecule has 0 aliphatic carbocycles. The maximum Gasteiger partial charge on any atom is 0.410 e. The van der Waals surface area contributed by atoms with Crippen LogP contribution in [0, 0.1) is 0 Å². The van der Waals surface area contributed by atoms with Crippen LogP contribution in [-0.2, 0) is 4.74 Å². The standard InChI is InChI=1S/C16H20N2O4/c1-21-14-4-2-3-12(11-14)15(19)17-7-5-13(6-8-17)18-9-10-22-16(18)20/h2-4,11,13H,5-10H2,1H3. The molecule has 22 heavy (non-hydrogen) atoms. The van der Waals surface area contributed by atoms with Crippen molar-refractivity contribution in [3.63, 3.8) is 0 Å². The van der Waals surface area contributed by atoms with Gasteiger partial charge in [-0.1, -0.05) is 6.07 Å². The minimum Gasteiger partial charge on any atom is -0.497 e. The van der Waals surface area contributed by atoms with Gasteiger partial charge >= 0.3 is 6.09 Å². The Morgan fingerprint density at radius 3 is 2.68 bits per heavy atom. The number of nitrogens with zero attached hydrogens (tertiary/aromatic N) is 2. The van der Waals surface area contributed by atoms with E-state index in [9.17, 15) is 9.59 Å². The van der Waals surface area contributed by atoms with E-state index < -0.39 is 0 Å². The van der Waals surface area contributed by atoms with Gasteiger partial charge < -0.3 is 19.3 Å². The lowest BCUT2D eigenvalue weighted by molar-refractivity contribution is 0.0658. The van der Waals surface area contributed by atoms with Crippen LogP contribution >= 0.6 is 0 Å². The van der Waals surface area contributed by atoms with Gasteiger partial charge in [-0.15, -0.1) is 0 Å². The molecule has 6 heteroatoms. The van der Waals surface area contributed by atoms with E-state index in [4.69, 9.17) is 9.47 Å². The Balaban J connectivity index is 1.60. The van der Waals surface area contributed by atoms with E-state index >= 15 is 0 Å². The van der Waals surface area contributed by atoms with Crippen molar-refractivity contribution in [2.75, 3.05) is 33.4 Å². The smallest absolute Gasteiger partial charge is 0.410 e. The highest BCUT2D eigenvalue weighted by atomic mass is 16.6. The van der Waals surface area contributed by atoms with Gasteiger partial charge in [0, 0.05) is 24.7 Å². The number of carbonyl (C=O) groups excluding carboxylic acids is 2. The Kier molecular flexibility index (Phi) is 4.18. The first-order valence-corrected chi connectivity index (χ1v) is 7.56. The number of cyclic esters (lactones) is 1. The third-order valence-electron chi connectivity index (χ3n) is 4.30. The summed E-state index contributed by atoms with van der Waals surface area (Å²) in [7, 11) is 1.59. The van der Waals surface area contributed by atoms with Crippen LogP contribution in [0.2, 0.25) is 0 Å². The average molecular weight is 304 g/mol. The summed E-state index contributed by atoms with van der Waals surface area (Å²) in [4.78, 5) is 27.7. The maximum atomic E-state index is 12.5. The topological polar surface area (TPSA) is 59.1 Å². The Bertz CT molecular complexity index is 567. The molecule has 0 unspecified atom stereocenters. The van der Waals surface area contributed by atoms with Crippen molar-refractivity contribution in [1.29, 1.82) is 0 Å². The van der Waals surface area contributed by atoms with Gasteiger partial charge in [-0.3, -0.25) is 4.79 Å². The number of likely N-dealkylation sites (tertiary alicyclic amines) is 1. The molecule has 2 aliphatic rings. The van der Waals surface area contributed by atoms with Crippen molar-refractivity contribution in [2.45, 2.75) is 18.9 Å². The molecule has 2 fully saturated rings. The van der Waals surface area contributed by atoms with E-state index in [1.807, 2.05) is 17.0 Å². The van der Waals surface area contributed by atoms with E-state index in [1.165, 1.54) is 0 Å². The fourth-order valence-corrected chi connectivity index (χ4v) is 3.06. The lowest BCUT2D eigenvalue weighted by atomic mass is 10.0. The summed E-state index contributed by atoms with van der Waals surface area (Å²) in [6.07, 6.45) is 1.37. The van der Waals surface area contributed by atoms with Crippen molar-refractivity contribution in [1.82, 2.24) is 9.80 Å². The van der Waals surface area contributed by atoms with Crippen LogP contribution in [0.25, 0.3) is 0 Å². The van der Waals surface area contributed by atoms with Crippen molar-refractivity contribution >= 4 is 12.0 Å². The lowest BCUT2D eigenvalue weighted by Gasteiger charge is -2.35. The molecule has 3 rings (SSSR count). The summed E-state index contributed by atoms with van der Waals surface area (Å²) in [5.41, 5.74) is 0.637. The first-order chi connectivity index (χ1) is 10.7. The second-order valence-electron chi connectivity index (χ2n) is 5.56. The quantitative estimate of drug-likeness (QED) is 0.853. The molecule has 2 aliphatic heterocycles. The molecule has 0 saturated carbocycles. The molecule has 0 atom stereocenters. The monoisotopic (exact) mass is 304 g/mol. The highest BCUT2D eigenvalue weighted by molar-refractivity contribution is 5.94. The molecule has 0 radical (unpaired) electrons. The van der Waals surface area contributed by atoms with Crippen LogP contribution in [-0.4, -0.2) is 61.2 Å². The van der Waals surface area contributed by atoms with Gasteiger partial charge in [0.2, 0.25) is 0 Å². The van der Waals surface area contributed by atoms with Gasteiger partial charge in [0.25, 0.3) is 5.91 Å². The van der Waals surface area contributed by atoms with Gasteiger partial charge in [0.05, 0.1) is 13.7 Å². The average Bonchev–Trinajstić information content (AvgIpc) is 3.00. The Labute approximate surface area is 129 Å². The number of amides is 2. The van der Waals surface area contributed by atoms with Gasteiger partial charge in [0.1, 0.15) is 12.4 Å². The number of ether oxygens (including phenoxy) is 2. The maximum absolute atomic E-state index is 12.5. The zero-order valence-corrected chi connectivity index (χ0v) is 12.7. The van der Waals surface area contributed by atoms with E-state index in [2.05, 4.69) is 0 Å². The molecule has 2 saturated heterocycles. The van der Waals surface area contributed by atoms with Crippen molar-refractivity contribution in [3.8, 4) is 5.75 Å². The molecular formula is C16H20N2O4. The van der Waals surface area contributed by atoms with Crippen molar-refractivity contribution < 1.29 is 19.1 Å². The molecule has 6 nitrogen and oxygen atoms in total. The number of hydrogen-bond donors (Lipinski definition) is 0. The highest BCUT2D eigenvalue weighted by Gasteiger charge is 2.33. The summed E-state index contributed by atoms with van der Waals surface area (Å²) in [5, 5.41) is 0. The number of piperidine rings is 1. The first-order valence-electron chi connectivity index (χ1n) is 7.56. The van der Waals surface area contributed by atoms with E-state index in [0.717, 1.165) is 12.8 Å². The third-order valence-corrected chi connectivity index (χ3v) is 4.30. The van der Waals surface area contributed by atoms with Gasteiger partial charge in [-0.2, -0.15) is 0 Å². The van der Waals surface area contributed by atoms with Crippen LogP contribution in [0.15, 0.2) is 24.3 Å². The Morgan fingerprint density at radius 2 is 2.05 bits per heavy atom. The molecule has 0 spiro atoms.